The first kappa shape index (κ1) is 50.4. The van der Waals surface area contributed by atoms with Crippen LogP contribution in [0.4, 0.5) is 34.1 Å². The van der Waals surface area contributed by atoms with Crippen LogP contribution in [0.3, 0.4) is 0 Å². The highest BCUT2D eigenvalue weighted by molar-refractivity contribution is 6.30. The molecule has 0 aliphatic carbocycles. The summed E-state index contributed by atoms with van der Waals surface area (Å²) in [6, 6.07) is 73.0. The summed E-state index contributed by atoms with van der Waals surface area (Å²) in [4.78, 5) is 4.79. The van der Waals surface area contributed by atoms with E-state index in [0.29, 0.717) is 5.69 Å². The van der Waals surface area contributed by atoms with E-state index in [-0.39, 0.29) is 17.6 Å². The van der Waals surface area contributed by atoms with Crippen LogP contribution in [0.1, 0.15) is 84.0 Å². The number of hydrogen-bond donors (Lipinski definition) is 1. The lowest BCUT2D eigenvalue weighted by atomic mass is 9.84. The van der Waals surface area contributed by atoms with Gasteiger partial charge in [0.05, 0.1) is 22.7 Å². The maximum atomic E-state index is 13.0. The van der Waals surface area contributed by atoms with E-state index in [1.807, 2.05) is 6.07 Å². The molecule has 13 rings (SSSR count). The van der Waals surface area contributed by atoms with Crippen molar-refractivity contribution in [1.29, 1.82) is 0 Å². The molecule has 4 nitrogen and oxygen atoms in total. The lowest BCUT2D eigenvalue weighted by molar-refractivity contribution is 0.478. The third-order valence-corrected chi connectivity index (χ3v) is 16.6. The van der Waals surface area contributed by atoms with Gasteiger partial charge in [-0.1, -0.05) is 173 Å². The fourth-order valence-electron chi connectivity index (χ4n) is 13.1. The van der Waals surface area contributed by atoms with Crippen LogP contribution in [0.2, 0.25) is 0 Å². The van der Waals surface area contributed by atoms with Gasteiger partial charge in [-0.2, -0.15) is 0 Å². The van der Waals surface area contributed by atoms with Gasteiger partial charge in [0.25, 0.3) is 0 Å². The van der Waals surface area contributed by atoms with Crippen molar-refractivity contribution in [2.75, 3.05) is 9.80 Å². The molecular weight excluding hydrogens is 973 g/mol. The lowest BCUT2D eigenvalue weighted by Crippen LogP contribution is -2.14. The summed E-state index contributed by atoms with van der Waals surface area (Å²) >= 11 is 0. The molecule has 13 aromatic rings. The van der Waals surface area contributed by atoms with Crippen LogP contribution in [0, 0.1) is 41.5 Å². The molecular formula is C76H66N2O2. The number of aryl methyl sites for hydroxylation is 6. The van der Waals surface area contributed by atoms with Crippen molar-refractivity contribution in [2.45, 2.75) is 81.1 Å². The highest BCUT2D eigenvalue weighted by atomic mass is 16.3. The molecule has 0 spiro atoms. The number of aromatic hydroxyl groups is 1. The Morgan fingerprint density at radius 3 is 1.31 bits per heavy atom. The second-order valence-electron chi connectivity index (χ2n) is 23.0. The standard InChI is InChI=1S/C76H66N2O2/c1-44(2)66-42-70(77(54-37-46(5)35-47(6)38-54)68-29-17-25-58(74(68)79)53-22-15-21-52(41-53)56-23-13-11-19-50(56)9)64-33-31-60-67(45(3)4)43-71(65-34-32-59(66)72(64)73(60)65)78(55-39-48(7)36-49(8)40-55)69-30-18-28-63-62-27-16-26-61(75(62)80-76(63)69)57-24-14-12-20-51(57)10/h11-45,79H,1-10H3. The van der Waals surface area contributed by atoms with Gasteiger partial charge in [-0.25, -0.2) is 0 Å². The van der Waals surface area contributed by atoms with Crippen molar-refractivity contribution in [3.8, 4) is 39.1 Å². The normalized spacial score (nSPS) is 11.9. The number of hydrogen-bond acceptors (Lipinski definition) is 4. The summed E-state index contributed by atoms with van der Waals surface area (Å²) in [6.07, 6.45) is 0. The van der Waals surface area contributed by atoms with Crippen LogP contribution in [-0.4, -0.2) is 5.11 Å². The first-order chi connectivity index (χ1) is 38.7. The average Bonchev–Trinajstić information content (AvgIpc) is 3.54. The molecule has 0 saturated carbocycles. The van der Waals surface area contributed by atoms with Crippen LogP contribution < -0.4 is 9.80 Å². The minimum Gasteiger partial charge on any atom is -0.505 e. The van der Waals surface area contributed by atoms with Crippen LogP contribution in [0.15, 0.2) is 205 Å². The first-order valence-corrected chi connectivity index (χ1v) is 28.3. The Bertz CT molecular complexity index is 4550. The summed E-state index contributed by atoms with van der Waals surface area (Å²) in [5, 5.41) is 22.4. The third kappa shape index (κ3) is 8.36. The van der Waals surface area contributed by atoms with E-state index in [0.717, 1.165) is 94.5 Å². The van der Waals surface area contributed by atoms with Crippen molar-refractivity contribution < 1.29 is 9.52 Å². The zero-order valence-corrected chi connectivity index (χ0v) is 47.5. The van der Waals surface area contributed by atoms with Crippen LogP contribution in [0.5, 0.6) is 5.75 Å². The maximum absolute atomic E-state index is 13.0. The van der Waals surface area contributed by atoms with E-state index in [9.17, 15) is 5.11 Å². The smallest absolute Gasteiger partial charge is 0.159 e. The Kier molecular flexibility index (Phi) is 12.4. The molecule has 392 valence electrons. The van der Waals surface area contributed by atoms with Crippen molar-refractivity contribution >= 4 is 88.4 Å². The fourth-order valence-corrected chi connectivity index (χ4v) is 13.1. The van der Waals surface area contributed by atoms with Crippen molar-refractivity contribution in [3.63, 3.8) is 0 Å². The van der Waals surface area contributed by atoms with E-state index < -0.39 is 0 Å². The Labute approximate surface area is 470 Å². The number of benzene rings is 12. The number of nitrogens with zero attached hydrogens (tertiary/aromatic N) is 2. The van der Waals surface area contributed by atoms with Crippen molar-refractivity contribution in [2.24, 2.45) is 0 Å². The molecule has 0 atom stereocenters. The molecule has 4 heteroatoms. The zero-order chi connectivity index (χ0) is 55.2. The average molecular weight is 1040 g/mol. The summed E-state index contributed by atoms with van der Waals surface area (Å²) in [5.41, 5.74) is 23.5. The van der Waals surface area contributed by atoms with Gasteiger partial charge in [-0.05, 0) is 196 Å². The minimum atomic E-state index is 0.176. The van der Waals surface area contributed by atoms with Crippen molar-refractivity contribution in [3.05, 3.63) is 245 Å². The molecule has 0 unspecified atom stereocenters. The molecule has 1 N–H and O–H groups in total. The topological polar surface area (TPSA) is 39.9 Å². The van der Waals surface area contributed by atoms with Gasteiger partial charge < -0.3 is 19.3 Å². The second-order valence-corrected chi connectivity index (χ2v) is 23.0. The van der Waals surface area contributed by atoms with E-state index in [1.165, 1.54) is 66.1 Å². The fraction of sp³-hybridized carbons (Fsp3) is 0.158. The van der Waals surface area contributed by atoms with E-state index in [4.69, 9.17) is 4.42 Å². The monoisotopic (exact) mass is 1040 g/mol. The number of anilines is 6. The largest absolute Gasteiger partial charge is 0.505 e. The van der Waals surface area contributed by atoms with E-state index in [1.54, 1.807) is 0 Å². The second kappa shape index (κ2) is 19.7. The minimum absolute atomic E-state index is 0.176. The van der Waals surface area contributed by atoms with E-state index in [2.05, 4.69) is 273 Å². The Morgan fingerprint density at radius 2 is 0.762 bits per heavy atom. The third-order valence-electron chi connectivity index (χ3n) is 16.6. The quantitative estimate of drug-likeness (QED) is 0.131. The lowest BCUT2D eigenvalue weighted by Gasteiger charge is -2.32. The SMILES string of the molecule is Cc1cc(C)cc(N(c2cccc(-c3cccc(-c4ccccc4C)c3)c2O)c2cc(C(C)C)c3ccc4c(N(c5cc(C)cc(C)c5)c5cccc6c5oc5c(-c7ccccc7C)cccc56)cc(C(C)C)c5ccc2c3c54)c1. The van der Waals surface area contributed by atoms with Crippen LogP contribution in [0.25, 0.3) is 87.6 Å². The number of phenols is 1. The number of para-hydroxylation sites is 3. The Morgan fingerprint density at radius 1 is 0.338 bits per heavy atom. The van der Waals surface area contributed by atoms with E-state index >= 15 is 0 Å². The molecule has 80 heavy (non-hydrogen) atoms. The van der Waals surface area contributed by atoms with Gasteiger partial charge in [-0.3, -0.25) is 0 Å². The first-order valence-electron chi connectivity index (χ1n) is 28.3. The molecule has 0 aliphatic rings. The predicted octanol–water partition coefficient (Wildman–Crippen LogP) is 22.2. The molecule has 0 aliphatic heterocycles. The number of rotatable bonds is 11. The molecule has 12 aromatic carbocycles. The van der Waals surface area contributed by atoms with Crippen LogP contribution >= 0.6 is 0 Å². The van der Waals surface area contributed by atoms with Gasteiger partial charge in [0.1, 0.15) is 11.3 Å². The molecule has 1 heterocycles. The van der Waals surface area contributed by atoms with Crippen molar-refractivity contribution in [1.82, 2.24) is 0 Å². The highest BCUT2D eigenvalue weighted by Crippen LogP contribution is 2.54. The predicted molar refractivity (Wildman–Crippen MR) is 341 cm³/mol. The number of fused-ring (bicyclic) bond motifs is 3. The van der Waals surface area contributed by atoms with Gasteiger partial charge >= 0.3 is 0 Å². The molecule has 0 bridgehead atoms. The summed E-state index contributed by atoms with van der Waals surface area (Å²) in [7, 11) is 0. The molecule has 0 radical (unpaired) electrons. The highest BCUT2D eigenvalue weighted by Gasteiger charge is 2.29. The summed E-state index contributed by atoms with van der Waals surface area (Å²) in [6.45, 7) is 22.3. The Hall–Kier alpha value is -9.12. The Balaban J connectivity index is 1.10. The van der Waals surface area contributed by atoms with Gasteiger partial charge in [-0.15, -0.1) is 0 Å². The molecule has 0 saturated heterocycles. The maximum Gasteiger partial charge on any atom is 0.159 e. The van der Waals surface area contributed by atoms with Gasteiger partial charge in [0, 0.05) is 44.0 Å². The van der Waals surface area contributed by atoms with Gasteiger partial charge in [0.2, 0.25) is 0 Å². The molecule has 1 aromatic heterocycles. The van der Waals surface area contributed by atoms with Gasteiger partial charge in [0.15, 0.2) is 5.58 Å². The molecule has 0 amide bonds. The molecule has 0 fully saturated rings. The van der Waals surface area contributed by atoms with Crippen LogP contribution in [-0.2, 0) is 0 Å². The zero-order valence-electron chi connectivity index (χ0n) is 47.5. The summed E-state index contributed by atoms with van der Waals surface area (Å²) < 4.78 is 7.31. The summed E-state index contributed by atoms with van der Waals surface area (Å²) in [5.74, 6) is 0.595. The number of phenolic OH excluding ortho intramolecular Hbond substituents is 1. The number of furan rings is 1.